The number of methoxy groups -OCH3 is 1. The Labute approximate surface area is 246 Å². The van der Waals surface area contributed by atoms with Gasteiger partial charge in [0.25, 0.3) is 0 Å². The third-order valence-corrected chi connectivity index (χ3v) is 5.97. The van der Waals surface area contributed by atoms with Gasteiger partial charge in [0.15, 0.2) is 12.2 Å². The van der Waals surface area contributed by atoms with Crippen LogP contribution in [0.1, 0.15) is 40.2 Å². The predicted molar refractivity (Wildman–Crippen MR) is 143 cm³/mol. The molecule has 5 atom stereocenters. The van der Waals surface area contributed by atoms with Crippen molar-refractivity contribution in [3.8, 4) is 5.75 Å². The fourth-order valence-corrected chi connectivity index (χ4v) is 4.35. The van der Waals surface area contributed by atoms with E-state index < -0.39 is 73.2 Å². The minimum Gasteiger partial charge on any atom is -0.465 e. The van der Waals surface area contributed by atoms with Gasteiger partial charge in [0.1, 0.15) is 24.0 Å². The molecule has 232 valence electrons. The first-order chi connectivity index (χ1) is 20.3. The summed E-state index contributed by atoms with van der Waals surface area (Å²) in [5.41, 5.74) is 1.21. The molecule has 0 saturated carbocycles. The van der Waals surface area contributed by atoms with Crippen molar-refractivity contribution in [2.75, 3.05) is 13.7 Å². The minimum absolute atomic E-state index is 0.139. The highest BCUT2D eigenvalue weighted by molar-refractivity contribution is 6.00. The van der Waals surface area contributed by atoms with Crippen LogP contribution in [0.25, 0.3) is 6.08 Å². The Morgan fingerprint density at radius 2 is 1.42 bits per heavy atom. The molecular weight excluding hydrogens is 572 g/mol. The summed E-state index contributed by atoms with van der Waals surface area (Å²) in [5.74, 6) is -3.39. The SMILES string of the molecule is COC(=O)C1=C(C)NC(=O)NC1=Cc1ccc(O[C@@H]2O[C@H](COC(C)=O)[C@@H](OC(C)=O)[C@@H](OC(C)=O)[C@H]2OC(C)=O)cc1. The number of nitrogens with one attached hydrogen (secondary N) is 2. The van der Waals surface area contributed by atoms with E-state index in [0.29, 0.717) is 11.3 Å². The molecular formula is C28H32N2O13. The van der Waals surface area contributed by atoms with Gasteiger partial charge in [-0.2, -0.15) is 0 Å². The highest BCUT2D eigenvalue weighted by Gasteiger charge is 2.53. The average Bonchev–Trinajstić information content (AvgIpc) is 2.90. The lowest BCUT2D eigenvalue weighted by atomic mass is 9.98. The molecule has 0 aromatic heterocycles. The van der Waals surface area contributed by atoms with Gasteiger partial charge in [0.2, 0.25) is 12.4 Å². The quantitative estimate of drug-likeness (QED) is 0.303. The maximum Gasteiger partial charge on any atom is 0.341 e. The van der Waals surface area contributed by atoms with Crippen molar-refractivity contribution in [1.82, 2.24) is 10.6 Å². The summed E-state index contributed by atoms with van der Waals surface area (Å²) in [6.45, 7) is 5.68. The number of rotatable bonds is 9. The third-order valence-electron chi connectivity index (χ3n) is 5.97. The molecule has 1 fully saturated rings. The molecule has 0 bridgehead atoms. The number of ether oxygens (including phenoxy) is 7. The highest BCUT2D eigenvalue weighted by atomic mass is 16.7. The number of carbonyl (C=O) groups excluding carboxylic acids is 6. The van der Waals surface area contributed by atoms with Gasteiger partial charge >= 0.3 is 35.9 Å². The fourth-order valence-electron chi connectivity index (χ4n) is 4.35. The van der Waals surface area contributed by atoms with E-state index in [1.165, 1.54) is 26.2 Å². The number of amides is 2. The lowest BCUT2D eigenvalue weighted by Crippen LogP contribution is -2.63. The van der Waals surface area contributed by atoms with E-state index >= 15 is 0 Å². The van der Waals surface area contributed by atoms with Gasteiger partial charge in [-0.1, -0.05) is 12.1 Å². The largest absolute Gasteiger partial charge is 0.465 e. The molecule has 1 saturated heterocycles. The second-order valence-corrected chi connectivity index (χ2v) is 9.38. The van der Waals surface area contributed by atoms with Crippen LogP contribution < -0.4 is 15.4 Å². The first-order valence-electron chi connectivity index (χ1n) is 13.0. The summed E-state index contributed by atoms with van der Waals surface area (Å²) in [6, 6.07) is 5.73. The number of hydrogen-bond acceptors (Lipinski definition) is 13. The maximum absolute atomic E-state index is 12.3. The van der Waals surface area contributed by atoms with E-state index in [1.54, 1.807) is 25.1 Å². The zero-order valence-corrected chi connectivity index (χ0v) is 24.3. The van der Waals surface area contributed by atoms with Crippen LogP contribution in [0.5, 0.6) is 5.75 Å². The Bertz CT molecular complexity index is 1330. The van der Waals surface area contributed by atoms with Crippen LogP contribution in [0.3, 0.4) is 0 Å². The molecule has 0 unspecified atom stereocenters. The van der Waals surface area contributed by atoms with E-state index in [-0.39, 0.29) is 17.0 Å². The van der Waals surface area contributed by atoms with Gasteiger partial charge in [-0.25, -0.2) is 9.59 Å². The van der Waals surface area contributed by atoms with Gasteiger partial charge in [-0.3, -0.25) is 19.2 Å². The number of esters is 5. The lowest BCUT2D eigenvalue weighted by Gasteiger charge is -2.43. The molecule has 2 amide bonds. The molecule has 2 aliphatic heterocycles. The predicted octanol–water partition coefficient (Wildman–Crippen LogP) is 1.25. The van der Waals surface area contributed by atoms with Crippen LogP contribution in [0, 0.1) is 0 Å². The second kappa shape index (κ2) is 14.3. The first-order valence-corrected chi connectivity index (χ1v) is 13.0. The van der Waals surface area contributed by atoms with Crippen molar-refractivity contribution in [3.63, 3.8) is 0 Å². The average molecular weight is 605 g/mol. The van der Waals surface area contributed by atoms with Crippen molar-refractivity contribution < 1.29 is 61.9 Å². The van der Waals surface area contributed by atoms with Gasteiger partial charge < -0.3 is 43.8 Å². The van der Waals surface area contributed by atoms with Crippen molar-refractivity contribution in [1.29, 1.82) is 0 Å². The number of carbonyl (C=O) groups is 6. The summed E-state index contributed by atoms with van der Waals surface area (Å²) in [4.78, 5) is 71.7. The molecule has 15 heteroatoms. The normalized spacial score (nSPS) is 24.2. The summed E-state index contributed by atoms with van der Waals surface area (Å²) in [5, 5.41) is 5.08. The molecule has 1 aromatic carbocycles. The Kier molecular flexibility index (Phi) is 10.8. The molecule has 15 nitrogen and oxygen atoms in total. The standard InChI is InChI=1S/C28H32N2O13/c1-13-22(26(35)37-6)20(30-28(36)29-13)11-18-7-9-19(10-8-18)42-27-25(41-17(5)34)24(40-16(4)33)23(39-15(3)32)21(43-27)12-38-14(2)31/h7-11,21,23-25,27H,12H2,1-6H3,(H2,29,30,36)/t21-,23-,24-,25-,27-/m1/s1. The van der Waals surface area contributed by atoms with Crippen LogP contribution in [0.4, 0.5) is 4.79 Å². The van der Waals surface area contributed by atoms with Crippen LogP contribution >= 0.6 is 0 Å². The minimum atomic E-state index is -1.41. The van der Waals surface area contributed by atoms with Gasteiger partial charge in [-0.15, -0.1) is 0 Å². The van der Waals surface area contributed by atoms with Crippen molar-refractivity contribution in [2.45, 2.75) is 65.3 Å². The Hall–Kier alpha value is -4.92. The Morgan fingerprint density at radius 1 is 0.837 bits per heavy atom. The summed E-state index contributed by atoms with van der Waals surface area (Å²) in [6.07, 6.45) is -5.14. The van der Waals surface area contributed by atoms with Gasteiger partial charge in [-0.05, 0) is 30.7 Å². The van der Waals surface area contributed by atoms with Gasteiger partial charge in [0, 0.05) is 33.4 Å². The van der Waals surface area contributed by atoms with E-state index in [2.05, 4.69) is 10.6 Å². The lowest BCUT2D eigenvalue weighted by molar-refractivity contribution is -0.288. The number of hydrogen-bond donors (Lipinski definition) is 2. The van der Waals surface area contributed by atoms with E-state index in [9.17, 15) is 28.8 Å². The molecule has 1 aromatic rings. The van der Waals surface area contributed by atoms with Crippen molar-refractivity contribution >= 4 is 42.0 Å². The summed E-state index contributed by atoms with van der Waals surface area (Å²) < 4.78 is 37.9. The fraction of sp³-hybridized carbons (Fsp3) is 0.429. The number of allylic oxidation sites excluding steroid dienone is 1. The maximum atomic E-state index is 12.3. The first kappa shape index (κ1) is 32.6. The third kappa shape index (κ3) is 8.78. The molecule has 2 heterocycles. The van der Waals surface area contributed by atoms with E-state index in [0.717, 1.165) is 20.8 Å². The van der Waals surface area contributed by atoms with Crippen molar-refractivity contribution in [3.05, 3.63) is 46.8 Å². The zero-order valence-electron chi connectivity index (χ0n) is 24.3. The van der Waals surface area contributed by atoms with Gasteiger partial charge in [0.05, 0.1) is 12.8 Å². The molecule has 0 spiro atoms. The molecule has 43 heavy (non-hydrogen) atoms. The van der Waals surface area contributed by atoms with Crippen LogP contribution in [0.2, 0.25) is 0 Å². The number of benzene rings is 1. The van der Waals surface area contributed by atoms with E-state index in [4.69, 9.17) is 33.2 Å². The summed E-state index contributed by atoms with van der Waals surface area (Å²) in [7, 11) is 1.22. The van der Waals surface area contributed by atoms with Crippen LogP contribution in [-0.4, -0.2) is 80.3 Å². The zero-order chi connectivity index (χ0) is 31.8. The van der Waals surface area contributed by atoms with Crippen molar-refractivity contribution in [2.24, 2.45) is 0 Å². The smallest absolute Gasteiger partial charge is 0.341 e. The highest BCUT2D eigenvalue weighted by Crippen LogP contribution is 2.31. The van der Waals surface area contributed by atoms with E-state index in [1.807, 2.05) is 0 Å². The van der Waals surface area contributed by atoms with Crippen LogP contribution in [0.15, 0.2) is 41.2 Å². The Balaban J connectivity index is 1.94. The Morgan fingerprint density at radius 3 is 1.98 bits per heavy atom. The monoisotopic (exact) mass is 604 g/mol. The second-order valence-electron chi connectivity index (χ2n) is 9.38. The summed E-state index contributed by atoms with van der Waals surface area (Å²) >= 11 is 0. The molecule has 2 N–H and O–H groups in total. The molecule has 0 aliphatic carbocycles. The molecule has 0 radical (unpaired) electrons. The topological polar surface area (TPSA) is 191 Å². The molecule has 2 aliphatic rings. The van der Waals surface area contributed by atoms with Crippen LogP contribution in [-0.2, 0) is 52.4 Å². The molecule has 3 rings (SSSR count). The number of urea groups is 1.